The zero-order valence-electron chi connectivity index (χ0n) is 45.7. The Morgan fingerprint density at radius 1 is 0.987 bits per heavy atom. The highest BCUT2D eigenvalue weighted by Crippen LogP contribution is 2.38. The van der Waals surface area contributed by atoms with Gasteiger partial charge in [0.2, 0.25) is 17.7 Å². The lowest BCUT2D eigenvalue weighted by atomic mass is 9.81. The summed E-state index contributed by atoms with van der Waals surface area (Å²) in [5.41, 5.74) is -1.30. The number of imide groups is 1. The molecule has 5 rings (SSSR count). The largest absolute Gasteiger partial charge is 0.495 e. The van der Waals surface area contributed by atoms with Crippen molar-refractivity contribution in [2.45, 2.75) is 128 Å². The highest BCUT2D eigenvalue weighted by atomic mass is 35.5. The van der Waals surface area contributed by atoms with Gasteiger partial charge in [0.15, 0.2) is 5.72 Å². The van der Waals surface area contributed by atoms with E-state index >= 15 is 0 Å². The molecular weight excluding hydrogens is 1040 g/mol. The van der Waals surface area contributed by atoms with Crippen LogP contribution in [0.4, 0.5) is 10.5 Å². The van der Waals surface area contributed by atoms with Crippen LogP contribution in [0.1, 0.15) is 83.9 Å². The number of methoxy groups -OCH3 is 2. The normalized spacial score (nSPS) is 24.5. The second-order valence-corrected chi connectivity index (χ2v) is 20.2. The molecule has 3 aliphatic heterocycles. The molecule has 1 fully saturated rings. The lowest BCUT2D eigenvalue weighted by molar-refractivity contribution is -0.176. The molecule has 430 valence electrons. The first-order valence-corrected chi connectivity index (χ1v) is 26.2. The zero-order chi connectivity index (χ0) is 57.2. The van der Waals surface area contributed by atoms with Crippen molar-refractivity contribution in [2.24, 2.45) is 5.92 Å². The number of unbranched alkanes of at least 4 members (excludes halogenated alkanes) is 1. The minimum absolute atomic E-state index is 0.00524. The molecule has 4 heterocycles. The van der Waals surface area contributed by atoms with E-state index in [2.05, 4.69) is 20.9 Å². The number of aliphatic hydroxyl groups is 2. The number of aryl methyl sites for hydroxylation is 1. The van der Waals surface area contributed by atoms with Crippen LogP contribution in [0.15, 0.2) is 54.3 Å². The minimum atomic E-state index is -1.94. The number of hydrogen-bond donors (Lipinski definition) is 4. The molecule has 78 heavy (non-hydrogen) atoms. The van der Waals surface area contributed by atoms with Crippen LogP contribution < -0.4 is 20.3 Å². The fourth-order valence-corrected chi connectivity index (χ4v) is 9.25. The van der Waals surface area contributed by atoms with Crippen molar-refractivity contribution in [1.82, 2.24) is 35.4 Å². The quantitative estimate of drug-likeness (QED) is 0.0668. The van der Waals surface area contributed by atoms with Crippen LogP contribution in [0.25, 0.3) is 0 Å². The number of amides is 6. The van der Waals surface area contributed by atoms with E-state index in [1.165, 1.54) is 64.1 Å². The molecular formula is C53H75ClN8O16. The molecule has 0 spiro atoms. The number of ether oxygens (including phenoxy) is 7. The second kappa shape index (κ2) is 29.6. The number of likely N-dealkylation sites (N-methyl/N-ethyl adjacent to an activating group) is 1. The van der Waals surface area contributed by atoms with Gasteiger partial charge in [-0.1, -0.05) is 47.5 Å². The van der Waals surface area contributed by atoms with Gasteiger partial charge < -0.3 is 58.5 Å². The van der Waals surface area contributed by atoms with Gasteiger partial charge in [-0.25, -0.2) is 9.59 Å². The Morgan fingerprint density at radius 2 is 1.68 bits per heavy atom. The Balaban J connectivity index is 1.09. The summed E-state index contributed by atoms with van der Waals surface area (Å²) < 4.78 is 41.1. The summed E-state index contributed by atoms with van der Waals surface area (Å²) in [6.45, 7) is 8.94. The third-order valence-electron chi connectivity index (χ3n) is 13.6. The molecule has 2 unspecified atom stereocenters. The number of hydrogen-bond acceptors (Lipinski definition) is 18. The molecule has 0 aliphatic carbocycles. The fourth-order valence-electron chi connectivity index (χ4n) is 8.93. The first-order valence-electron chi connectivity index (χ1n) is 25.9. The monoisotopic (exact) mass is 1110 g/mol. The van der Waals surface area contributed by atoms with E-state index in [4.69, 9.17) is 44.8 Å². The molecule has 0 radical (unpaired) electrons. The Labute approximate surface area is 459 Å². The van der Waals surface area contributed by atoms with E-state index in [0.717, 1.165) is 16.0 Å². The van der Waals surface area contributed by atoms with Crippen molar-refractivity contribution in [3.05, 3.63) is 70.6 Å². The van der Waals surface area contributed by atoms with Crippen molar-refractivity contribution in [3.8, 4) is 5.75 Å². The van der Waals surface area contributed by atoms with Gasteiger partial charge in [-0.15, -0.1) is 5.10 Å². The first kappa shape index (κ1) is 62.6. The molecule has 2 aromatic rings. The summed E-state index contributed by atoms with van der Waals surface area (Å²) in [5.74, 6) is -3.30. The van der Waals surface area contributed by atoms with Crippen LogP contribution >= 0.6 is 11.6 Å². The molecule has 1 saturated heterocycles. The Morgan fingerprint density at radius 3 is 2.37 bits per heavy atom. The summed E-state index contributed by atoms with van der Waals surface area (Å²) in [6.07, 6.45) is 5.56. The van der Waals surface area contributed by atoms with Crippen molar-refractivity contribution in [1.29, 1.82) is 0 Å². The molecule has 4 N–H and O–H groups in total. The van der Waals surface area contributed by atoms with E-state index in [1.54, 1.807) is 42.1 Å². The standard InChI is InChI=1S/C53H75ClN8O16/c1-34-12-11-13-42(73-8)53(71)31-41(77-51(69)56-53)35(2)30-52(4,70)43(29-48(67)60(6)39-27-37(26-34)28-40(72-7)49(39)54)78-50(68)36(3)59(5)45(64)14-9-10-19-61-32-38(57-58-61)33-76-25-24-75-23-22-74-21-18-55-44(63)17-20-62-46(65)15-16-47(62)66/h11-13,15-16,27-28,32,35-36,41-43,70-71H,9-10,14,17-26,29-31,33H2,1-8H3,(H,55,63)(H,56,69)/b13-11+,34-12+/t35-,36-,41-,42?,43-,52?,53-/m0/s1. The third kappa shape index (κ3) is 18.1. The van der Waals surface area contributed by atoms with Crippen molar-refractivity contribution in [3.63, 3.8) is 0 Å². The van der Waals surface area contributed by atoms with Gasteiger partial charge in [-0.2, -0.15) is 0 Å². The van der Waals surface area contributed by atoms with Gasteiger partial charge in [0, 0.05) is 72.3 Å². The summed E-state index contributed by atoms with van der Waals surface area (Å²) >= 11 is 6.79. The summed E-state index contributed by atoms with van der Waals surface area (Å²) in [6, 6.07) is 2.36. The van der Waals surface area contributed by atoms with Crippen LogP contribution in [0.3, 0.4) is 0 Å². The Hall–Kier alpha value is -6.28. The number of rotatable bonds is 24. The average molecular weight is 1120 g/mol. The van der Waals surface area contributed by atoms with Crippen molar-refractivity contribution in [2.75, 3.05) is 79.3 Å². The van der Waals surface area contributed by atoms with Gasteiger partial charge in [-0.3, -0.25) is 38.9 Å². The lowest BCUT2D eigenvalue weighted by Gasteiger charge is -2.43. The zero-order valence-corrected chi connectivity index (χ0v) is 46.5. The number of carbonyl (C=O) groups is 7. The van der Waals surface area contributed by atoms with Gasteiger partial charge in [0.25, 0.3) is 11.8 Å². The van der Waals surface area contributed by atoms with Gasteiger partial charge in [0.1, 0.15) is 40.8 Å². The summed E-state index contributed by atoms with van der Waals surface area (Å²) in [5, 5.41) is 37.6. The van der Waals surface area contributed by atoms with Crippen LogP contribution in [0.5, 0.6) is 5.75 Å². The molecule has 7 atom stereocenters. The van der Waals surface area contributed by atoms with E-state index in [9.17, 15) is 43.8 Å². The lowest BCUT2D eigenvalue weighted by Crippen LogP contribution is -2.63. The molecule has 1 aromatic heterocycles. The fraction of sp³-hybridized carbons (Fsp3) is 0.604. The molecule has 1 aromatic carbocycles. The second-order valence-electron chi connectivity index (χ2n) is 19.8. The van der Waals surface area contributed by atoms with E-state index in [-0.39, 0.29) is 68.8 Å². The molecule has 24 nitrogen and oxygen atoms in total. The number of nitrogens with zero attached hydrogens (tertiary/aromatic N) is 6. The number of alkyl carbamates (subject to hydrolysis) is 1. The van der Waals surface area contributed by atoms with Crippen LogP contribution in [0, 0.1) is 5.92 Å². The number of anilines is 1. The number of benzene rings is 1. The SMILES string of the molecule is COc1cc2cc(c1Cl)N(C)C(=O)C[C@H](OC(=O)[C@H](C)N(C)C(=O)CCCCn1cc(COCCOCCOCCNC(=O)CCN3C(=O)C=CC3=O)nn1)C(C)(O)C[C@H](C)[C@@H]1C[C@@](O)(NC(=O)O1)C(OC)/C=C/C=C(\C)C2. The maximum atomic E-state index is 14.3. The third-order valence-corrected chi connectivity index (χ3v) is 14.0. The Kier molecular flexibility index (Phi) is 23.8. The first-order chi connectivity index (χ1) is 37.0. The molecule has 6 amide bonds. The number of allylic oxidation sites excluding steroid dienone is 3. The number of carbonyl (C=O) groups excluding carboxylic acids is 7. The number of nitrogens with one attached hydrogen (secondary N) is 2. The Bertz CT molecular complexity index is 2500. The molecule has 0 saturated carbocycles. The highest BCUT2D eigenvalue weighted by Gasteiger charge is 2.49. The van der Waals surface area contributed by atoms with Crippen LogP contribution in [-0.4, -0.2) is 187 Å². The number of esters is 1. The predicted molar refractivity (Wildman–Crippen MR) is 282 cm³/mol. The van der Waals surface area contributed by atoms with E-state index < -0.39 is 77.8 Å². The van der Waals surface area contributed by atoms with Gasteiger partial charge in [0.05, 0.1) is 70.7 Å². The predicted octanol–water partition coefficient (Wildman–Crippen LogP) is 2.94. The minimum Gasteiger partial charge on any atom is -0.495 e. The number of halogens is 1. The van der Waals surface area contributed by atoms with Gasteiger partial charge >= 0.3 is 12.1 Å². The topological polar surface area (TPSA) is 289 Å². The maximum absolute atomic E-state index is 14.3. The van der Waals surface area contributed by atoms with Crippen molar-refractivity contribution >= 4 is 58.9 Å². The molecule has 4 bridgehead atoms. The average Bonchev–Trinajstić information content (AvgIpc) is 4.02. The maximum Gasteiger partial charge on any atom is 0.409 e. The highest BCUT2D eigenvalue weighted by molar-refractivity contribution is 6.35. The summed E-state index contributed by atoms with van der Waals surface area (Å²) in [4.78, 5) is 93.3. The van der Waals surface area contributed by atoms with Crippen molar-refractivity contribution < 1.29 is 76.9 Å². The number of aromatic nitrogens is 3. The smallest absolute Gasteiger partial charge is 0.409 e. The van der Waals surface area contributed by atoms with Crippen LogP contribution in [-0.2, 0) is 76.8 Å². The molecule has 3 aliphatic rings. The van der Waals surface area contributed by atoms with Gasteiger partial charge in [-0.05, 0) is 70.1 Å². The van der Waals surface area contributed by atoms with E-state index in [1.807, 2.05) is 13.0 Å². The van der Waals surface area contributed by atoms with E-state index in [0.29, 0.717) is 69.4 Å². The summed E-state index contributed by atoms with van der Waals surface area (Å²) in [7, 11) is 5.83. The van der Waals surface area contributed by atoms with Crippen LogP contribution in [0.2, 0.25) is 5.02 Å². The number of fused-ring (bicyclic) bond motifs is 4. The molecule has 25 heteroatoms.